The summed E-state index contributed by atoms with van der Waals surface area (Å²) in [4.78, 5) is 53.7. The zero-order chi connectivity index (χ0) is 25.4. The summed E-state index contributed by atoms with van der Waals surface area (Å²) < 4.78 is 6.30. The van der Waals surface area contributed by atoms with Gasteiger partial charge in [0.05, 0.1) is 12.6 Å². The van der Waals surface area contributed by atoms with Crippen LogP contribution in [0.25, 0.3) is 0 Å². The number of hydrogen-bond acceptors (Lipinski definition) is 6. The zero-order valence-corrected chi connectivity index (χ0v) is 20.6. The fourth-order valence-electron chi connectivity index (χ4n) is 3.80. The molecule has 0 fully saturated rings. The number of hydrogen-bond donors (Lipinski definition) is 3. The lowest BCUT2D eigenvalue weighted by atomic mass is 10.00. The molecule has 0 bridgehead atoms. The predicted molar refractivity (Wildman–Crippen MR) is 132 cm³/mol. The maximum Gasteiger partial charge on any atom is 0.330 e. The lowest BCUT2D eigenvalue weighted by molar-refractivity contribution is -0.125. The van der Waals surface area contributed by atoms with Crippen molar-refractivity contribution in [1.82, 2.24) is 14.9 Å². The molecule has 0 aliphatic heterocycles. The van der Waals surface area contributed by atoms with E-state index in [1.807, 2.05) is 45.9 Å². The van der Waals surface area contributed by atoms with Gasteiger partial charge in [-0.3, -0.25) is 23.9 Å². The van der Waals surface area contributed by atoms with Crippen molar-refractivity contribution in [1.29, 1.82) is 0 Å². The Morgan fingerprint density at radius 3 is 2.59 bits per heavy atom. The van der Waals surface area contributed by atoms with Crippen LogP contribution in [0.4, 0.5) is 11.5 Å². The Morgan fingerprint density at radius 1 is 1.24 bits per heavy atom. The third kappa shape index (κ3) is 6.57. The highest BCUT2D eigenvalue weighted by Gasteiger charge is 2.24. The fraction of sp³-hybridized carbons (Fsp3) is 0.500. The Morgan fingerprint density at radius 2 is 1.94 bits per heavy atom. The molecule has 10 nitrogen and oxygen atoms in total. The molecule has 1 aromatic heterocycles. The van der Waals surface area contributed by atoms with Gasteiger partial charge in [-0.15, -0.1) is 0 Å². The Kier molecular flexibility index (Phi) is 9.61. The number of rotatable bonds is 11. The normalized spacial score (nSPS) is 11.8. The molecule has 0 radical (unpaired) electrons. The molecule has 0 saturated heterocycles. The van der Waals surface area contributed by atoms with Crippen molar-refractivity contribution in [2.24, 2.45) is 0 Å². The van der Waals surface area contributed by atoms with Gasteiger partial charge in [-0.2, -0.15) is 0 Å². The number of amides is 2. The van der Waals surface area contributed by atoms with Crippen LogP contribution in [0.2, 0.25) is 0 Å². The van der Waals surface area contributed by atoms with Crippen LogP contribution in [-0.2, 0) is 20.9 Å². The lowest BCUT2D eigenvalue weighted by Crippen LogP contribution is -2.42. The van der Waals surface area contributed by atoms with Crippen LogP contribution in [0.3, 0.4) is 0 Å². The van der Waals surface area contributed by atoms with Crippen molar-refractivity contribution in [3.05, 3.63) is 55.7 Å². The molecule has 1 heterocycles. The highest BCUT2D eigenvalue weighted by atomic mass is 16.5. The highest BCUT2D eigenvalue weighted by molar-refractivity contribution is 5.97. The highest BCUT2D eigenvalue weighted by Crippen LogP contribution is 2.20. The summed E-state index contributed by atoms with van der Waals surface area (Å²) in [6.45, 7) is 8.21. The van der Waals surface area contributed by atoms with Crippen LogP contribution < -0.4 is 27.2 Å². The number of aryl methyl sites for hydroxylation is 2. The van der Waals surface area contributed by atoms with Gasteiger partial charge < -0.3 is 20.7 Å². The summed E-state index contributed by atoms with van der Waals surface area (Å²) in [6.07, 6.45) is 0.408. The third-order valence-corrected chi connectivity index (χ3v) is 5.60. The van der Waals surface area contributed by atoms with E-state index < -0.39 is 17.2 Å². The summed E-state index contributed by atoms with van der Waals surface area (Å²) in [5.41, 5.74) is 7.80. The number of anilines is 2. The van der Waals surface area contributed by atoms with E-state index in [1.54, 1.807) is 0 Å². The quantitative estimate of drug-likeness (QED) is 0.455. The van der Waals surface area contributed by atoms with Crippen molar-refractivity contribution < 1.29 is 14.3 Å². The smallest absolute Gasteiger partial charge is 0.330 e. The number of H-pyrrole nitrogens is 1. The first-order valence-electron chi connectivity index (χ1n) is 11.4. The van der Waals surface area contributed by atoms with Crippen molar-refractivity contribution in [3.63, 3.8) is 0 Å². The first-order chi connectivity index (χ1) is 16.1. The minimum Gasteiger partial charge on any atom is -0.383 e. The molecule has 0 saturated carbocycles. The van der Waals surface area contributed by atoms with E-state index >= 15 is 0 Å². The number of carbonyl (C=O) groups is 2. The van der Waals surface area contributed by atoms with Crippen LogP contribution in [0.15, 0.2) is 27.8 Å². The standard InChI is InChI=1S/C24H35N5O5/c1-6-11-29-22(25)21(23(32)27-24(29)33)28(12-13-34-5)20(31)10-9-19(30)26-17(4)18-14-15(2)7-8-16(18)3/h7-8,14,17H,6,9-13,25H2,1-5H3,(H,26,30)(H,27,32,33). The van der Waals surface area contributed by atoms with Gasteiger partial charge in [-0.25, -0.2) is 4.79 Å². The van der Waals surface area contributed by atoms with Gasteiger partial charge >= 0.3 is 5.69 Å². The molecule has 0 aliphatic carbocycles. The Balaban J connectivity index is 2.18. The molecule has 2 aromatic rings. The lowest BCUT2D eigenvalue weighted by Gasteiger charge is -2.24. The maximum absolute atomic E-state index is 13.1. The number of carbonyl (C=O) groups excluding carboxylic acids is 2. The van der Waals surface area contributed by atoms with E-state index in [1.165, 1.54) is 16.6 Å². The van der Waals surface area contributed by atoms with Gasteiger partial charge in [0.1, 0.15) is 5.82 Å². The zero-order valence-electron chi connectivity index (χ0n) is 20.6. The Hall–Kier alpha value is -3.40. The van der Waals surface area contributed by atoms with Gasteiger partial charge in [0.15, 0.2) is 5.69 Å². The van der Waals surface area contributed by atoms with Gasteiger partial charge in [0.2, 0.25) is 11.8 Å². The van der Waals surface area contributed by atoms with Crippen molar-refractivity contribution in [2.45, 2.75) is 59.5 Å². The van der Waals surface area contributed by atoms with Crippen LogP contribution in [0.1, 0.15) is 55.8 Å². The number of aromatic nitrogens is 2. The predicted octanol–water partition coefficient (Wildman–Crippen LogP) is 1.78. The summed E-state index contributed by atoms with van der Waals surface area (Å²) in [5, 5.41) is 2.93. The number of ether oxygens (including phenoxy) is 1. The second-order valence-electron chi connectivity index (χ2n) is 8.33. The van der Waals surface area contributed by atoms with Crippen molar-refractivity contribution in [3.8, 4) is 0 Å². The summed E-state index contributed by atoms with van der Waals surface area (Å²) in [6, 6.07) is 5.82. The number of nitrogens with two attached hydrogens (primary N) is 1. The maximum atomic E-state index is 13.1. The number of benzene rings is 1. The molecule has 10 heteroatoms. The number of nitrogen functional groups attached to an aromatic ring is 1. The average Bonchev–Trinajstić information content (AvgIpc) is 2.78. The molecule has 0 spiro atoms. The number of aromatic amines is 1. The SMILES string of the molecule is CCCn1c(N)c(N(CCOC)C(=O)CCC(=O)NC(C)c2cc(C)ccc2C)c(=O)[nH]c1=O. The van der Waals surface area contributed by atoms with E-state index in [0.717, 1.165) is 16.7 Å². The molecule has 34 heavy (non-hydrogen) atoms. The average molecular weight is 474 g/mol. The van der Waals surface area contributed by atoms with Crippen LogP contribution in [0, 0.1) is 13.8 Å². The number of methoxy groups -OCH3 is 1. The van der Waals surface area contributed by atoms with Crippen LogP contribution in [-0.4, -0.2) is 41.6 Å². The first kappa shape index (κ1) is 26.8. The molecule has 1 aromatic carbocycles. The number of nitrogens with one attached hydrogen (secondary N) is 2. The Bertz CT molecular complexity index is 1140. The number of nitrogens with zero attached hydrogens (tertiary/aromatic N) is 2. The molecule has 4 N–H and O–H groups in total. The van der Waals surface area contributed by atoms with Gasteiger partial charge in [-0.05, 0) is 38.3 Å². The molecule has 2 amide bonds. The summed E-state index contributed by atoms with van der Waals surface area (Å²) in [5.74, 6) is -0.843. The van der Waals surface area contributed by atoms with Crippen LogP contribution >= 0.6 is 0 Å². The van der Waals surface area contributed by atoms with E-state index in [-0.39, 0.29) is 49.4 Å². The minimum absolute atomic E-state index is 0.0491. The molecule has 2 rings (SSSR count). The van der Waals surface area contributed by atoms with Gasteiger partial charge in [0.25, 0.3) is 5.56 Å². The topological polar surface area (TPSA) is 140 Å². The van der Waals surface area contributed by atoms with Gasteiger partial charge in [0, 0.05) is 33.0 Å². The van der Waals surface area contributed by atoms with E-state index in [2.05, 4.69) is 10.3 Å². The van der Waals surface area contributed by atoms with E-state index in [9.17, 15) is 19.2 Å². The minimum atomic E-state index is -0.757. The van der Waals surface area contributed by atoms with Crippen molar-refractivity contribution in [2.75, 3.05) is 30.9 Å². The molecular formula is C24H35N5O5. The fourth-order valence-corrected chi connectivity index (χ4v) is 3.80. The largest absolute Gasteiger partial charge is 0.383 e. The van der Waals surface area contributed by atoms with Crippen LogP contribution in [0.5, 0.6) is 0 Å². The second-order valence-corrected chi connectivity index (χ2v) is 8.33. The Labute approximate surface area is 199 Å². The van der Waals surface area contributed by atoms with E-state index in [0.29, 0.717) is 13.0 Å². The summed E-state index contributed by atoms with van der Waals surface area (Å²) >= 11 is 0. The molecular weight excluding hydrogens is 438 g/mol. The van der Waals surface area contributed by atoms with Crippen molar-refractivity contribution >= 4 is 23.3 Å². The molecule has 1 unspecified atom stereocenters. The second kappa shape index (κ2) is 12.2. The van der Waals surface area contributed by atoms with Gasteiger partial charge in [-0.1, -0.05) is 30.7 Å². The molecule has 186 valence electrons. The first-order valence-corrected chi connectivity index (χ1v) is 11.4. The van der Waals surface area contributed by atoms with E-state index in [4.69, 9.17) is 10.5 Å². The summed E-state index contributed by atoms with van der Waals surface area (Å²) in [7, 11) is 1.47. The molecule has 0 aliphatic rings. The monoisotopic (exact) mass is 473 g/mol. The third-order valence-electron chi connectivity index (χ3n) is 5.60. The molecule has 1 atom stereocenters.